The zero-order valence-corrected chi connectivity index (χ0v) is 13.6. The Morgan fingerprint density at radius 2 is 1.95 bits per heavy atom. The van der Waals surface area contributed by atoms with Crippen LogP contribution in [0.15, 0.2) is 53.0 Å². The van der Waals surface area contributed by atoms with E-state index in [2.05, 4.69) is 28.2 Å². The maximum Gasteiger partial charge on any atom is 0.133 e. The fraction of sp³-hybridized carbons (Fsp3) is 0.294. The van der Waals surface area contributed by atoms with Crippen molar-refractivity contribution in [2.45, 2.75) is 19.6 Å². The number of ether oxygens (including phenoxy) is 1. The van der Waals surface area contributed by atoms with Crippen LogP contribution in [0.4, 0.5) is 0 Å². The first kappa shape index (κ1) is 16.0. The van der Waals surface area contributed by atoms with Crippen LogP contribution in [0.3, 0.4) is 0 Å². The van der Waals surface area contributed by atoms with Gasteiger partial charge in [-0.15, -0.1) is 0 Å². The topological polar surface area (TPSA) is 41.5 Å². The number of hydrogen-bond acceptors (Lipinski definition) is 3. The van der Waals surface area contributed by atoms with Crippen LogP contribution in [0.1, 0.15) is 24.2 Å². The van der Waals surface area contributed by atoms with E-state index in [0.29, 0.717) is 0 Å². The third kappa shape index (κ3) is 4.84. The summed E-state index contributed by atoms with van der Waals surface area (Å²) in [6, 6.07) is 15.5. The van der Waals surface area contributed by atoms with Gasteiger partial charge in [-0.05, 0) is 45.7 Å². The molecule has 0 heterocycles. The minimum Gasteiger partial charge on any atom is -0.489 e. The van der Waals surface area contributed by atoms with Crippen molar-refractivity contribution >= 4 is 15.9 Å². The summed E-state index contributed by atoms with van der Waals surface area (Å²) in [6.45, 7) is 4.09. The first-order valence-electron chi connectivity index (χ1n) is 7.05. The fourth-order valence-corrected chi connectivity index (χ4v) is 2.52. The van der Waals surface area contributed by atoms with E-state index in [9.17, 15) is 5.11 Å². The summed E-state index contributed by atoms with van der Waals surface area (Å²) in [7, 11) is 0. The van der Waals surface area contributed by atoms with Crippen molar-refractivity contribution in [1.82, 2.24) is 5.32 Å². The molecule has 0 aliphatic rings. The minimum absolute atomic E-state index is 0.231. The molecule has 0 spiro atoms. The van der Waals surface area contributed by atoms with Gasteiger partial charge >= 0.3 is 0 Å². The summed E-state index contributed by atoms with van der Waals surface area (Å²) < 4.78 is 6.60. The monoisotopic (exact) mass is 349 g/mol. The van der Waals surface area contributed by atoms with Gasteiger partial charge in [-0.2, -0.15) is 0 Å². The minimum atomic E-state index is -0.625. The second kappa shape index (κ2) is 8.17. The normalized spacial score (nSPS) is 12.1. The number of halogens is 1. The maximum atomic E-state index is 10.1. The van der Waals surface area contributed by atoms with Crippen LogP contribution in [-0.4, -0.2) is 18.3 Å². The number of hydrogen-bond donors (Lipinski definition) is 2. The highest BCUT2D eigenvalue weighted by atomic mass is 79.9. The van der Waals surface area contributed by atoms with Crippen molar-refractivity contribution in [3.63, 3.8) is 0 Å². The Balaban J connectivity index is 1.94. The molecule has 3 nitrogen and oxygen atoms in total. The molecule has 4 heteroatoms. The summed E-state index contributed by atoms with van der Waals surface area (Å²) in [4.78, 5) is 0. The molecule has 2 N–H and O–H groups in total. The van der Waals surface area contributed by atoms with Crippen LogP contribution in [0.2, 0.25) is 0 Å². The van der Waals surface area contributed by atoms with Crippen molar-refractivity contribution in [2.24, 2.45) is 0 Å². The zero-order valence-electron chi connectivity index (χ0n) is 12.1. The Morgan fingerprint density at radius 3 is 2.62 bits per heavy atom. The first-order chi connectivity index (χ1) is 10.2. The predicted molar refractivity (Wildman–Crippen MR) is 88.4 cm³/mol. The van der Waals surface area contributed by atoms with Gasteiger partial charge in [0, 0.05) is 6.54 Å². The molecule has 0 aliphatic carbocycles. The Bertz CT molecular complexity index is 560. The second-order valence-corrected chi connectivity index (χ2v) is 5.64. The molecule has 0 saturated heterocycles. The van der Waals surface area contributed by atoms with Gasteiger partial charge in [0.25, 0.3) is 0 Å². The molecule has 1 atom stereocenters. The molecule has 0 aromatic heterocycles. The summed E-state index contributed by atoms with van der Waals surface area (Å²) in [5.74, 6) is 0.741. The maximum absolute atomic E-state index is 10.1. The Morgan fingerprint density at radius 1 is 1.19 bits per heavy atom. The van der Waals surface area contributed by atoms with Gasteiger partial charge in [0.1, 0.15) is 18.5 Å². The molecule has 0 fully saturated rings. The highest BCUT2D eigenvalue weighted by Crippen LogP contribution is 2.27. The summed E-state index contributed by atoms with van der Waals surface area (Å²) in [6.07, 6.45) is -0.625. The van der Waals surface area contributed by atoms with Crippen molar-refractivity contribution in [2.75, 3.05) is 13.2 Å². The molecule has 0 bridgehead atoms. The third-order valence-corrected chi connectivity index (χ3v) is 3.78. The molecule has 2 aromatic carbocycles. The fourth-order valence-electron chi connectivity index (χ4n) is 1.98. The molecule has 1 unspecified atom stereocenters. The van der Waals surface area contributed by atoms with Gasteiger partial charge in [0.2, 0.25) is 0 Å². The average Bonchev–Trinajstić information content (AvgIpc) is 2.52. The Hall–Kier alpha value is -1.36. The molecule has 0 amide bonds. The molecule has 2 aromatic rings. The van der Waals surface area contributed by atoms with Crippen LogP contribution >= 0.6 is 15.9 Å². The lowest BCUT2D eigenvalue weighted by atomic mass is 10.1. The van der Waals surface area contributed by atoms with Gasteiger partial charge in [-0.1, -0.05) is 43.3 Å². The Labute approximate surface area is 134 Å². The highest BCUT2D eigenvalue weighted by molar-refractivity contribution is 9.10. The van der Waals surface area contributed by atoms with Crippen LogP contribution in [0, 0.1) is 0 Å². The molecule has 0 saturated carbocycles. The van der Waals surface area contributed by atoms with Crippen LogP contribution < -0.4 is 10.1 Å². The van der Waals surface area contributed by atoms with E-state index in [-0.39, 0.29) is 6.61 Å². The number of aliphatic hydroxyl groups excluding tert-OH is 1. The number of benzene rings is 2. The average molecular weight is 350 g/mol. The molecule has 2 rings (SSSR count). The van der Waals surface area contributed by atoms with Crippen LogP contribution in [-0.2, 0) is 6.54 Å². The van der Waals surface area contributed by atoms with E-state index in [1.807, 2.05) is 48.5 Å². The quantitative estimate of drug-likeness (QED) is 0.801. The van der Waals surface area contributed by atoms with Gasteiger partial charge in [-0.25, -0.2) is 0 Å². The highest BCUT2D eigenvalue weighted by Gasteiger charge is 2.09. The van der Waals surface area contributed by atoms with E-state index in [0.717, 1.165) is 28.9 Å². The summed E-state index contributed by atoms with van der Waals surface area (Å²) in [5.41, 5.74) is 2.05. The molecule has 112 valence electrons. The van der Waals surface area contributed by atoms with Gasteiger partial charge in [0.05, 0.1) is 4.47 Å². The van der Waals surface area contributed by atoms with Crippen LogP contribution in [0.5, 0.6) is 5.75 Å². The van der Waals surface area contributed by atoms with Crippen molar-refractivity contribution in [3.8, 4) is 5.75 Å². The largest absolute Gasteiger partial charge is 0.489 e. The molecular weight excluding hydrogens is 330 g/mol. The summed E-state index contributed by atoms with van der Waals surface area (Å²) in [5, 5.41) is 13.4. The lowest BCUT2D eigenvalue weighted by Crippen LogP contribution is -2.12. The SMILES string of the molecule is CCNCc1ccc(OCC(O)c2ccccc2)c(Br)c1. The molecule has 0 aliphatic heterocycles. The molecule has 0 radical (unpaired) electrons. The number of aliphatic hydroxyl groups is 1. The van der Waals surface area contributed by atoms with Crippen molar-refractivity contribution < 1.29 is 9.84 Å². The van der Waals surface area contributed by atoms with Crippen molar-refractivity contribution in [3.05, 3.63) is 64.1 Å². The number of nitrogens with one attached hydrogen (secondary N) is 1. The second-order valence-electron chi connectivity index (χ2n) is 4.78. The van der Waals surface area contributed by atoms with E-state index in [1.54, 1.807) is 0 Å². The van der Waals surface area contributed by atoms with Gasteiger partial charge in [0.15, 0.2) is 0 Å². The van der Waals surface area contributed by atoms with Crippen LogP contribution in [0.25, 0.3) is 0 Å². The predicted octanol–water partition coefficient (Wildman–Crippen LogP) is 3.67. The van der Waals surface area contributed by atoms with E-state index >= 15 is 0 Å². The Kier molecular flexibility index (Phi) is 6.23. The van der Waals surface area contributed by atoms with E-state index in [4.69, 9.17) is 4.74 Å². The number of rotatable bonds is 7. The standard InChI is InChI=1S/C17H20BrNO2/c1-2-19-11-13-8-9-17(15(18)10-13)21-12-16(20)14-6-4-3-5-7-14/h3-10,16,19-20H,2,11-12H2,1H3. The molecular formula is C17H20BrNO2. The van der Waals surface area contributed by atoms with E-state index < -0.39 is 6.10 Å². The molecule has 21 heavy (non-hydrogen) atoms. The third-order valence-electron chi connectivity index (χ3n) is 3.16. The van der Waals surface area contributed by atoms with Gasteiger partial charge in [-0.3, -0.25) is 0 Å². The smallest absolute Gasteiger partial charge is 0.133 e. The van der Waals surface area contributed by atoms with Gasteiger partial charge < -0.3 is 15.2 Å². The first-order valence-corrected chi connectivity index (χ1v) is 7.85. The zero-order chi connectivity index (χ0) is 15.1. The lowest BCUT2D eigenvalue weighted by molar-refractivity contribution is 0.108. The lowest BCUT2D eigenvalue weighted by Gasteiger charge is -2.14. The van der Waals surface area contributed by atoms with Crippen molar-refractivity contribution in [1.29, 1.82) is 0 Å². The summed E-state index contributed by atoms with van der Waals surface area (Å²) >= 11 is 3.51. The van der Waals surface area contributed by atoms with E-state index in [1.165, 1.54) is 5.56 Å².